The van der Waals surface area contributed by atoms with Crippen molar-refractivity contribution in [3.8, 4) is 11.5 Å². The van der Waals surface area contributed by atoms with Crippen LogP contribution < -0.4 is 10.6 Å². The number of aromatic nitrogens is 1. The first-order valence-corrected chi connectivity index (χ1v) is 9.63. The lowest BCUT2D eigenvalue weighted by atomic mass is 10.2. The van der Waals surface area contributed by atoms with Crippen LogP contribution in [-0.4, -0.2) is 16.0 Å². The second-order valence-electron chi connectivity index (χ2n) is 6.62. The summed E-state index contributed by atoms with van der Waals surface area (Å²) in [6.45, 7) is 0. The molecule has 5 rings (SSSR count). The Kier molecular flexibility index (Phi) is 4.49. The van der Waals surface area contributed by atoms with E-state index in [0.29, 0.717) is 28.3 Å². The zero-order valence-electron chi connectivity index (χ0n) is 15.6. The van der Waals surface area contributed by atoms with Crippen LogP contribution in [0.25, 0.3) is 33.5 Å². The average Bonchev–Trinajstić information content (AvgIpc) is 3.38. The van der Waals surface area contributed by atoms with E-state index in [1.807, 2.05) is 60.7 Å². The fourth-order valence-corrected chi connectivity index (χ4v) is 3.34. The maximum atomic E-state index is 12.4. The molecule has 0 aliphatic heterocycles. The van der Waals surface area contributed by atoms with Crippen LogP contribution in [0.4, 0.5) is 5.69 Å². The standard InChI is InChI=1S/C23H15N3O3S/c27-21(20-12-15-8-4-5-9-18(15)28-20)26-23(30)24-16-10-11-19-17(13-16)25-22(29-19)14-6-2-1-3-7-14/h1-13H,(H2,24,26,27,30). The number of para-hydroxylation sites is 1. The number of fused-ring (bicyclic) bond motifs is 2. The first-order valence-electron chi connectivity index (χ1n) is 9.23. The number of hydrogen-bond acceptors (Lipinski definition) is 5. The second-order valence-corrected chi connectivity index (χ2v) is 7.03. The summed E-state index contributed by atoms with van der Waals surface area (Å²) in [5.41, 5.74) is 3.58. The Labute approximate surface area is 176 Å². The summed E-state index contributed by atoms with van der Waals surface area (Å²) in [5.74, 6) is 0.320. The van der Waals surface area contributed by atoms with E-state index in [1.54, 1.807) is 18.2 Å². The lowest BCUT2D eigenvalue weighted by Crippen LogP contribution is -2.33. The van der Waals surface area contributed by atoms with Crippen molar-refractivity contribution in [1.29, 1.82) is 0 Å². The highest BCUT2D eigenvalue weighted by atomic mass is 32.1. The van der Waals surface area contributed by atoms with Gasteiger partial charge in [0.25, 0.3) is 5.91 Å². The minimum Gasteiger partial charge on any atom is -0.451 e. The molecule has 2 aromatic heterocycles. The highest BCUT2D eigenvalue weighted by Crippen LogP contribution is 2.26. The van der Waals surface area contributed by atoms with E-state index in [4.69, 9.17) is 21.1 Å². The first kappa shape index (κ1) is 18.1. The summed E-state index contributed by atoms with van der Waals surface area (Å²) in [7, 11) is 0. The van der Waals surface area contributed by atoms with E-state index < -0.39 is 5.91 Å². The number of hydrogen-bond donors (Lipinski definition) is 2. The van der Waals surface area contributed by atoms with E-state index in [0.717, 1.165) is 10.9 Å². The van der Waals surface area contributed by atoms with Crippen LogP contribution in [0.3, 0.4) is 0 Å². The molecule has 2 N–H and O–H groups in total. The van der Waals surface area contributed by atoms with Crippen LogP contribution in [-0.2, 0) is 0 Å². The van der Waals surface area contributed by atoms with E-state index in [9.17, 15) is 4.79 Å². The third-order valence-electron chi connectivity index (χ3n) is 4.54. The lowest BCUT2D eigenvalue weighted by molar-refractivity contribution is 0.0953. The molecule has 1 amide bonds. The van der Waals surface area contributed by atoms with Crippen molar-refractivity contribution in [1.82, 2.24) is 10.3 Å². The molecule has 0 saturated heterocycles. The van der Waals surface area contributed by atoms with Crippen LogP contribution in [0, 0.1) is 0 Å². The molecular formula is C23H15N3O3S. The molecule has 0 bridgehead atoms. The van der Waals surface area contributed by atoms with Gasteiger partial charge < -0.3 is 14.2 Å². The Morgan fingerprint density at radius 1 is 0.867 bits per heavy atom. The predicted octanol–water partition coefficient (Wildman–Crippen LogP) is 5.37. The predicted molar refractivity (Wildman–Crippen MR) is 119 cm³/mol. The molecule has 30 heavy (non-hydrogen) atoms. The molecule has 0 aliphatic rings. The summed E-state index contributed by atoms with van der Waals surface area (Å²) < 4.78 is 11.4. The van der Waals surface area contributed by atoms with Crippen LogP contribution >= 0.6 is 12.2 Å². The van der Waals surface area contributed by atoms with Crippen molar-refractivity contribution in [3.05, 3.63) is 84.6 Å². The Bertz CT molecular complexity index is 1360. The van der Waals surface area contributed by atoms with Crippen LogP contribution in [0.1, 0.15) is 10.6 Å². The Balaban J connectivity index is 1.31. The van der Waals surface area contributed by atoms with Gasteiger partial charge in [0.15, 0.2) is 16.5 Å². The molecule has 0 atom stereocenters. The van der Waals surface area contributed by atoms with Gasteiger partial charge in [0.2, 0.25) is 5.89 Å². The average molecular weight is 413 g/mol. The van der Waals surface area contributed by atoms with E-state index in [2.05, 4.69) is 15.6 Å². The normalized spacial score (nSPS) is 10.9. The SMILES string of the molecule is O=C(NC(=S)Nc1ccc2oc(-c3ccccc3)nc2c1)c1cc2ccccc2o1. The Morgan fingerprint density at radius 2 is 1.67 bits per heavy atom. The fourth-order valence-electron chi connectivity index (χ4n) is 3.13. The molecule has 6 nitrogen and oxygen atoms in total. The smallest absolute Gasteiger partial charge is 0.293 e. The lowest BCUT2D eigenvalue weighted by Gasteiger charge is -2.08. The topological polar surface area (TPSA) is 80.3 Å². The highest BCUT2D eigenvalue weighted by molar-refractivity contribution is 7.80. The van der Waals surface area contributed by atoms with Gasteiger partial charge in [0.1, 0.15) is 11.1 Å². The summed E-state index contributed by atoms with van der Waals surface area (Å²) in [6, 6.07) is 24.2. The number of thiocarbonyl (C=S) groups is 1. The number of furan rings is 1. The van der Waals surface area contributed by atoms with Gasteiger partial charge in [-0.25, -0.2) is 4.98 Å². The molecule has 0 radical (unpaired) electrons. The van der Waals surface area contributed by atoms with Crippen molar-refractivity contribution >= 4 is 51.0 Å². The summed E-state index contributed by atoms with van der Waals surface area (Å²) >= 11 is 5.27. The Hall–Kier alpha value is -3.97. The number of carbonyl (C=O) groups excluding carboxylic acids is 1. The van der Waals surface area contributed by atoms with Gasteiger partial charge in [-0.2, -0.15) is 0 Å². The molecule has 0 aliphatic carbocycles. The summed E-state index contributed by atoms with van der Waals surface area (Å²) in [6.07, 6.45) is 0. The Morgan fingerprint density at radius 3 is 2.50 bits per heavy atom. The molecule has 3 aromatic carbocycles. The molecule has 0 saturated carbocycles. The van der Waals surface area contributed by atoms with Crippen molar-refractivity contribution in [3.63, 3.8) is 0 Å². The quantitative estimate of drug-likeness (QED) is 0.387. The summed E-state index contributed by atoms with van der Waals surface area (Å²) in [4.78, 5) is 17.0. The molecular weight excluding hydrogens is 398 g/mol. The van der Waals surface area contributed by atoms with Gasteiger partial charge >= 0.3 is 0 Å². The van der Waals surface area contributed by atoms with Crippen molar-refractivity contribution in [2.75, 3.05) is 5.32 Å². The van der Waals surface area contributed by atoms with E-state index in [-0.39, 0.29) is 10.9 Å². The second kappa shape index (κ2) is 7.46. The molecule has 0 fully saturated rings. The van der Waals surface area contributed by atoms with Crippen LogP contribution in [0.2, 0.25) is 0 Å². The largest absolute Gasteiger partial charge is 0.451 e. The number of anilines is 1. The number of oxazole rings is 1. The number of rotatable bonds is 3. The van der Waals surface area contributed by atoms with Gasteiger partial charge in [-0.3, -0.25) is 10.1 Å². The third-order valence-corrected chi connectivity index (χ3v) is 4.75. The minimum atomic E-state index is -0.419. The zero-order valence-corrected chi connectivity index (χ0v) is 16.4. The third kappa shape index (κ3) is 3.54. The highest BCUT2D eigenvalue weighted by Gasteiger charge is 2.14. The van der Waals surface area contributed by atoms with Gasteiger partial charge in [-0.1, -0.05) is 36.4 Å². The van der Waals surface area contributed by atoms with Crippen molar-refractivity contribution < 1.29 is 13.6 Å². The van der Waals surface area contributed by atoms with E-state index in [1.165, 1.54) is 0 Å². The van der Waals surface area contributed by atoms with Crippen LogP contribution in [0.15, 0.2) is 87.7 Å². The summed E-state index contributed by atoms with van der Waals surface area (Å²) in [5, 5.41) is 6.64. The van der Waals surface area contributed by atoms with Crippen molar-refractivity contribution in [2.24, 2.45) is 0 Å². The van der Waals surface area contributed by atoms with Gasteiger partial charge in [0.05, 0.1) is 0 Å². The molecule has 0 spiro atoms. The number of nitrogens with zero attached hydrogens (tertiary/aromatic N) is 1. The number of amides is 1. The van der Waals surface area contributed by atoms with E-state index >= 15 is 0 Å². The zero-order chi connectivity index (χ0) is 20.5. The van der Waals surface area contributed by atoms with Gasteiger partial charge in [0, 0.05) is 16.6 Å². The number of nitrogens with one attached hydrogen (secondary N) is 2. The number of benzene rings is 3. The molecule has 7 heteroatoms. The first-order chi connectivity index (χ1) is 14.7. The fraction of sp³-hybridized carbons (Fsp3) is 0. The van der Waals surface area contributed by atoms with Crippen molar-refractivity contribution in [2.45, 2.75) is 0 Å². The minimum absolute atomic E-state index is 0.159. The molecule has 146 valence electrons. The maximum Gasteiger partial charge on any atom is 0.293 e. The molecule has 0 unspecified atom stereocenters. The van der Waals surface area contributed by atoms with Gasteiger partial charge in [-0.05, 0) is 54.7 Å². The van der Waals surface area contributed by atoms with Crippen LogP contribution in [0.5, 0.6) is 0 Å². The number of carbonyl (C=O) groups is 1. The van der Waals surface area contributed by atoms with Gasteiger partial charge in [-0.15, -0.1) is 0 Å². The maximum absolute atomic E-state index is 12.4. The monoisotopic (exact) mass is 413 g/mol. The molecule has 2 heterocycles. The molecule has 5 aromatic rings.